The summed E-state index contributed by atoms with van der Waals surface area (Å²) in [6, 6.07) is -1.71. The molecule has 0 aromatic carbocycles. The molecule has 0 aromatic heterocycles. The van der Waals surface area contributed by atoms with E-state index in [9.17, 15) is 14.4 Å². The lowest BCUT2D eigenvalue weighted by Gasteiger charge is -2.19. The number of nitrogens with one attached hydrogen (secondary N) is 2. The van der Waals surface area contributed by atoms with E-state index in [-0.39, 0.29) is 6.54 Å². The number of ketones is 1. The molecule has 11 heavy (non-hydrogen) atoms. The second kappa shape index (κ2) is 2.57. The Kier molecular flexibility index (Phi) is 1.75. The molecular weight excluding hydrogens is 150 g/mol. The molecule has 1 rings (SSSR count). The van der Waals surface area contributed by atoms with Crippen LogP contribution in [0.25, 0.3) is 0 Å². The van der Waals surface area contributed by atoms with Crippen molar-refractivity contribution in [3.05, 3.63) is 0 Å². The lowest BCUT2D eigenvalue weighted by molar-refractivity contribution is -0.129. The molecule has 1 unspecified atom stereocenters. The highest BCUT2D eigenvalue weighted by Gasteiger charge is 2.29. The Morgan fingerprint density at radius 1 is 1.55 bits per heavy atom. The largest absolute Gasteiger partial charge is 0.367 e. The van der Waals surface area contributed by atoms with E-state index in [2.05, 4.69) is 10.6 Å². The van der Waals surface area contributed by atoms with E-state index in [1.54, 1.807) is 0 Å². The van der Waals surface area contributed by atoms with Gasteiger partial charge in [0, 0.05) is 0 Å². The highest BCUT2D eigenvalue weighted by molar-refractivity contribution is 6.10. The summed E-state index contributed by atoms with van der Waals surface area (Å²) in [6.07, 6.45) is 0. The first-order valence-corrected chi connectivity index (χ1v) is 2.97. The first-order chi connectivity index (χ1) is 5.11. The van der Waals surface area contributed by atoms with E-state index < -0.39 is 23.8 Å². The fourth-order valence-corrected chi connectivity index (χ4v) is 0.762. The summed E-state index contributed by atoms with van der Waals surface area (Å²) < 4.78 is 0. The predicted octanol–water partition coefficient (Wildman–Crippen LogP) is -2.28. The first-order valence-electron chi connectivity index (χ1n) is 2.97. The monoisotopic (exact) mass is 157 g/mol. The van der Waals surface area contributed by atoms with Crippen LogP contribution in [-0.2, 0) is 9.59 Å². The smallest absolute Gasteiger partial charge is 0.316 e. The second-order valence-corrected chi connectivity index (χ2v) is 2.13. The van der Waals surface area contributed by atoms with Gasteiger partial charge in [-0.2, -0.15) is 0 Å². The molecule has 1 saturated heterocycles. The van der Waals surface area contributed by atoms with Crippen LogP contribution in [0.3, 0.4) is 0 Å². The molecule has 1 heterocycles. The van der Waals surface area contributed by atoms with E-state index in [4.69, 9.17) is 5.73 Å². The number of hydrogen-bond acceptors (Lipinski definition) is 3. The zero-order valence-corrected chi connectivity index (χ0v) is 5.59. The zero-order chi connectivity index (χ0) is 8.43. The van der Waals surface area contributed by atoms with Crippen LogP contribution in [0.2, 0.25) is 0 Å². The molecule has 0 spiro atoms. The Hall–Kier alpha value is -1.59. The number of hydrogen-bond donors (Lipinski definition) is 3. The molecule has 0 radical (unpaired) electrons. The number of amides is 3. The summed E-state index contributed by atoms with van der Waals surface area (Å²) in [4.78, 5) is 31.8. The minimum absolute atomic E-state index is 0.139. The molecule has 1 fully saturated rings. The fraction of sp³-hybridized carbons (Fsp3) is 0.400. The van der Waals surface area contributed by atoms with Gasteiger partial charge in [-0.15, -0.1) is 0 Å². The number of rotatable bonds is 1. The topological polar surface area (TPSA) is 101 Å². The van der Waals surface area contributed by atoms with Crippen molar-refractivity contribution in [1.82, 2.24) is 10.6 Å². The molecule has 4 N–H and O–H groups in total. The molecular formula is C5H7N3O3. The third-order valence-corrected chi connectivity index (χ3v) is 1.31. The average molecular weight is 157 g/mol. The summed E-state index contributed by atoms with van der Waals surface area (Å²) >= 11 is 0. The van der Waals surface area contributed by atoms with Gasteiger partial charge in [-0.1, -0.05) is 0 Å². The quantitative estimate of drug-likeness (QED) is 0.374. The molecule has 0 aliphatic carbocycles. The minimum Gasteiger partial charge on any atom is -0.367 e. The van der Waals surface area contributed by atoms with Gasteiger partial charge in [0.25, 0.3) is 0 Å². The van der Waals surface area contributed by atoms with Gasteiger partial charge < -0.3 is 16.4 Å². The van der Waals surface area contributed by atoms with Crippen molar-refractivity contribution in [2.24, 2.45) is 5.73 Å². The maximum absolute atomic E-state index is 10.8. The summed E-state index contributed by atoms with van der Waals surface area (Å²) in [5.74, 6) is -1.25. The van der Waals surface area contributed by atoms with E-state index in [1.807, 2.05) is 0 Å². The Morgan fingerprint density at radius 2 is 2.18 bits per heavy atom. The summed E-state index contributed by atoms with van der Waals surface area (Å²) in [5.41, 5.74) is 4.82. The Balaban J connectivity index is 2.69. The number of Topliss-reactive ketones (excluding diaryl/α,β-unsaturated/α-hetero) is 1. The van der Waals surface area contributed by atoms with Gasteiger partial charge in [0.05, 0.1) is 6.54 Å². The van der Waals surface area contributed by atoms with Crippen LogP contribution in [0.1, 0.15) is 0 Å². The number of carbonyl (C=O) groups is 3. The molecule has 1 aliphatic rings. The van der Waals surface area contributed by atoms with Gasteiger partial charge in [-0.3, -0.25) is 9.59 Å². The lowest BCUT2D eigenvalue weighted by atomic mass is 10.1. The van der Waals surface area contributed by atoms with E-state index >= 15 is 0 Å². The molecule has 6 nitrogen and oxygen atoms in total. The van der Waals surface area contributed by atoms with Crippen LogP contribution < -0.4 is 16.4 Å². The maximum atomic E-state index is 10.8. The molecule has 3 amide bonds. The van der Waals surface area contributed by atoms with Crippen molar-refractivity contribution in [3.63, 3.8) is 0 Å². The third kappa shape index (κ3) is 1.46. The van der Waals surface area contributed by atoms with E-state index in [0.717, 1.165) is 0 Å². The number of carbonyl (C=O) groups excluding carboxylic acids is 3. The summed E-state index contributed by atoms with van der Waals surface area (Å²) in [5, 5.41) is 4.30. The fourth-order valence-electron chi connectivity index (χ4n) is 0.762. The number of urea groups is 1. The van der Waals surface area contributed by atoms with Crippen molar-refractivity contribution in [1.29, 1.82) is 0 Å². The molecule has 1 aliphatic heterocycles. The highest BCUT2D eigenvalue weighted by atomic mass is 16.2. The van der Waals surface area contributed by atoms with E-state index in [1.165, 1.54) is 0 Å². The van der Waals surface area contributed by atoms with Crippen molar-refractivity contribution < 1.29 is 14.4 Å². The van der Waals surface area contributed by atoms with Crippen LogP contribution in [-0.4, -0.2) is 30.3 Å². The highest BCUT2D eigenvalue weighted by Crippen LogP contribution is 1.90. The molecule has 0 saturated carbocycles. The van der Waals surface area contributed by atoms with Crippen LogP contribution >= 0.6 is 0 Å². The Bertz CT molecular complexity index is 225. The molecule has 60 valence electrons. The van der Waals surface area contributed by atoms with Crippen LogP contribution in [0.15, 0.2) is 0 Å². The SMILES string of the molecule is NC(=O)C1NC(=O)NCC1=O. The van der Waals surface area contributed by atoms with Crippen LogP contribution in [0.4, 0.5) is 4.79 Å². The van der Waals surface area contributed by atoms with Crippen molar-refractivity contribution in [2.45, 2.75) is 6.04 Å². The van der Waals surface area contributed by atoms with E-state index in [0.29, 0.717) is 0 Å². The van der Waals surface area contributed by atoms with Crippen LogP contribution in [0.5, 0.6) is 0 Å². The third-order valence-electron chi connectivity index (χ3n) is 1.31. The van der Waals surface area contributed by atoms with Crippen molar-refractivity contribution in [3.8, 4) is 0 Å². The number of nitrogens with two attached hydrogens (primary N) is 1. The van der Waals surface area contributed by atoms with Gasteiger partial charge >= 0.3 is 6.03 Å². The molecule has 6 heteroatoms. The summed E-state index contributed by atoms with van der Waals surface area (Å²) in [6.45, 7) is -0.139. The number of primary amides is 1. The average Bonchev–Trinajstić information content (AvgIpc) is 1.94. The first kappa shape index (κ1) is 7.52. The van der Waals surface area contributed by atoms with Gasteiger partial charge in [-0.25, -0.2) is 4.79 Å². The van der Waals surface area contributed by atoms with Crippen molar-refractivity contribution in [2.75, 3.05) is 6.54 Å². The van der Waals surface area contributed by atoms with Gasteiger partial charge in [0.2, 0.25) is 5.91 Å². The predicted molar refractivity (Wildman–Crippen MR) is 34.5 cm³/mol. The normalized spacial score (nSPS) is 23.8. The van der Waals surface area contributed by atoms with Crippen LogP contribution in [0, 0.1) is 0 Å². The van der Waals surface area contributed by atoms with Crippen molar-refractivity contribution >= 4 is 17.7 Å². The summed E-state index contributed by atoms with van der Waals surface area (Å²) in [7, 11) is 0. The standard InChI is InChI=1S/C5H7N3O3/c6-4(10)3-2(9)1-7-5(11)8-3/h3H,1H2,(H2,6,10)(H2,7,8,11). The Labute approximate surface area is 62.1 Å². The molecule has 0 aromatic rings. The maximum Gasteiger partial charge on any atom is 0.316 e. The second-order valence-electron chi connectivity index (χ2n) is 2.13. The van der Waals surface area contributed by atoms with Gasteiger partial charge in [0.1, 0.15) is 0 Å². The lowest BCUT2D eigenvalue weighted by Crippen LogP contribution is -2.60. The van der Waals surface area contributed by atoms with Gasteiger partial charge in [-0.05, 0) is 0 Å². The van der Waals surface area contributed by atoms with Gasteiger partial charge in [0.15, 0.2) is 11.8 Å². The molecule has 0 bridgehead atoms. The zero-order valence-electron chi connectivity index (χ0n) is 5.59. The Morgan fingerprint density at radius 3 is 2.64 bits per heavy atom. The minimum atomic E-state index is -1.16. The molecule has 1 atom stereocenters.